The summed E-state index contributed by atoms with van der Waals surface area (Å²) in [6.45, 7) is 4.81. The Hall–Kier alpha value is -0.0800. The van der Waals surface area contributed by atoms with Gasteiger partial charge in [-0.1, -0.05) is 13.8 Å². The molecule has 1 aliphatic heterocycles. The van der Waals surface area contributed by atoms with Crippen LogP contribution >= 0.6 is 0 Å². The molecule has 10 heavy (non-hydrogen) atoms. The maximum atomic E-state index is 5.34. The zero-order chi connectivity index (χ0) is 7.40. The highest BCUT2D eigenvalue weighted by atomic mass is 16.7. The van der Waals surface area contributed by atoms with Crippen molar-refractivity contribution in [3.63, 3.8) is 0 Å². The maximum Gasteiger partial charge on any atom is 0.147 e. The summed E-state index contributed by atoms with van der Waals surface area (Å²) in [6.07, 6.45) is 4.18. The van der Waals surface area contributed by atoms with Gasteiger partial charge in [-0.3, -0.25) is 0 Å². The van der Waals surface area contributed by atoms with E-state index in [1.54, 1.807) is 0 Å². The lowest BCUT2D eigenvalue weighted by atomic mass is 10.1. The molecular formula is C8H16O2. The van der Waals surface area contributed by atoms with Crippen molar-refractivity contribution in [2.75, 3.05) is 6.79 Å². The molecule has 0 radical (unpaired) electrons. The summed E-state index contributed by atoms with van der Waals surface area (Å²) in [4.78, 5) is 0. The van der Waals surface area contributed by atoms with Gasteiger partial charge in [0.2, 0.25) is 0 Å². The molecule has 0 aliphatic carbocycles. The van der Waals surface area contributed by atoms with Crippen molar-refractivity contribution >= 4 is 0 Å². The monoisotopic (exact) mass is 144 g/mol. The van der Waals surface area contributed by atoms with E-state index in [0.717, 1.165) is 19.3 Å². The third kappa shape index (κ3) is 1.96. The van der Waals surface area contributed by atoms with Gasteiger partial charge >= 0.3 is 0 Å². The first-order valence-corrected chi connectivity index (χ1v) is 4.10. The first-order valence-electron chi connectivity index (χ1n) is 4.10. The van der Waals surface area contributed by atoms with Crippen molar-refractivity contribution in [3.8, 4) is 0 Å². The number of ether oxygens (including phenoxy) is 2. The Morgan fingerprint density at radius 2 is 1.60 bits per heavy atom. The molecule has 0 spiro atoms. The summed E-state index contributed by atoms with van der Waals surface area (Å²) in [5, 5.41) is 0. The van der Waals surface area contributed by atoms with Crippen LogP contribution in [0.15, 0.2) is 0 Å². The van der Waals surface area contributed by atoms with E-state index in [1.807, 2.05) is 0 Å². The van der Waals surface area contributed by atoms with Gasteiger partial charge in [0.25, 0.3) is 0 Å². The summed E-state index contributed by atoms with van der Waals surface area (Å²) >= 11 is 0. The Morgan fingerprint density at radius 1 is 1.10 bits per heavy atom. The summed E-state index contributed by atoms with van der Waals surface area (Å²) < 4.78 is 10.7. The minimum absolute atomic E-state index is 0.443. The number of rotatable bonds is 2. The fourth-order valence-electron chi connectivity index (χ4n) is 1.23. The summed E-state index contributed by atoms with van der Waals surface area (Å²) in [5.41, 5.74) is 0. The van der Waals surface area contributed by atoms with Crippen molar-refractivity contribution in [1.82, 2.24) is 0 Å². The fourth-order valence-corrected chi connectivity index (χ4v) is 1.23. The van der Waals surface area contributed by atoms with Gasteiger partial charge in [-0.15, -0.1) is 0 Å². The predicted molar refractivity (Wildman–Crippen MR) is 39.8 cm³/mol. The second kappa shape index (κ2) is 3.94. The lowest BCUT2D eigenvalue weighted by Crippen LogP contribution is -2.30. The molecule has 1 saturated heterocycles. The number of hydrogen-bond acceptors (Lipinski definition) is 2. The van der Waals surface area contributed by atoms with Crippen LogP contribution in [-0.4, -0.2) is 19.0 Å². The van der Waals surface area contributed by atoms with Gasteiger partial charge in [-0.2, -0.15) is 0 Å². The topological polar surface area (TPSA) is 18.5 Å². The molecule has 0 aromatic heterocycles. The van der Waals surface area contributed by atoms with Crippen molar-refractivity contribution in [2.45, 2.75) is 45.3 Å². The Kier molecular flexibility index (Phi) is 3.16. The van der Waals surface area contributed by atoms with Gasteiger partial charge in [0, 0.05) is 0 Å². The SMILES string of the molecule is CC[C@@H]1C[C@@H](CC)OCO1. The van der Waals surface area contributed by atoms with E-state index in [1.165, 1.54) is 0 Å². The van der Waals surface area contributed by atoms with E-state index in [4.69, 9.17) is 9.47 Å². The van der Waals surface area contributed by atoms with Gasteiger partial charge < -0.3 is 9.47 Å². The standard InChI is InChI=1S/C8H16O2/c1-3-7-5-8(4-2)10-6-9-7/h7-8H,3-6H2,1-2H3/t7-,8-/m1/s1. The summed E-state index contributed by atoms with van der Waals surface area (Å²) in [7, 11) is 0. The van der Waals surface area contributed by atoms with Gasteiger partial charge in [-0.05, 0) is 19.3 Å². The number of hydrogen-bond donors (Lipinski definition) is 0. The summed E-state index contributed by atoms with van der Waals surface area (Å²) in [6, 6.07) is 0. The minimum Gasteiger partial charge on any atom is -0.352 e. The van der Waals surface area contributed by atoms with Crippen molar-refractivity contribution in [3.05, 3.63) is 0 Å². The van der Waals surface area contributed by atoms with Gasteiger partial charge in [0.05, 0.1) is 12.2 Å². The quantitative estimate of drug-likeness (QED) is 0.589. The van der Waals surface area contributed by atoms with E-state index in [-0.39, 0.29) is 0 Å². The molecule has 0 bridgehead atoms. The molecule has 1 fully saturated rings. The Morgan fingerprint density at radius 3 is 2.00 bits per heavy atom. The smallest absolute Gasteiger partial charge is 0.147 e. The molecule has 2 atom stereocenters. The molecule has 0 aromatic rings. The zero-order valence-corrected chi connectivity index (χ0v) is 6.80. The largest absolute Gasteiger partial charge is 0.352 e. The molecule has 0 aromatic carbocycles. The third-order valence-corrected chi connectivity index (χ3v) is 2.04. The molecule has 1 aliphatic rings. The van der Waals surface area contributed by atoms with Crippen molar-refractivity contribution in [1.29, 1.82) is 0 Å². The average Bonchev–Trinajstić information content (AvgIpc) is 2.05. The second-order valence-corrected chi connectivity index (χ2v) is 2.75. The van der Waals surface area contributed by atoms with E-state index in [0.29, 0.717) is 19.0 Å². The molecule has 2 heteroatoms. The highest BCUT2D eigenvalue weighted by Gasteiger charge is 2.19. The minimum atomic E-state index is 0.443. The molecule has 2 nitrogen and oxygen atoms in total. The summed E-state index contributed by atoms with van der Waals surface area (Å²) in [5.74, 6) is 0. The average molecular weight is 144 g/mol. The lowest BCUT2D eigenvalue weighted by Gasteiger charge is -2.28. The maximum absolute atomic E-state index is 5.34. The Labute approximate surface area is 62.5 Å². The molecule has 0 amide bonds. The van der Waals surface area contributed by atoms with Crippen LogP contribution < -0.4 is 0 Å². The van der Waals surface area contributed by atoms with E-state index < -0.39 is 0 Å². The first kappa shape index (κ1) is 8.02. The molecule has 60 valence electrons. The van der Waals surface area contributed by atoms with Crippen LogP contribution in [0.25, 0.3) is 0 Å². The first-order chi connectivity index (χ1) is 4.86. The molecular weight excluding hydrogens is 128 g/mol. The van der Waals surface area contributed by atoms with Gasteiger partial charge in [-0.25, -0.2) is 0 Å². The van der Waals surface area contributed by atoms with E-state index >= 15 is 0 Å². The molecule has 0 unspecified atom stereocenters. The highest BCUT2D eigenvalue weighted by molar-refractivity contribution is 4.66. The normalized spacial score (nSPS) is 34.2. The molecule has 1 rings (SSSR count). The van der Waals surface area contributed by atoms with Crippen LogP contribution in [0.1, 0.15) is 33.1 Å². The van der Waals surface area contributed by atoms with Crippen LogP contribution in [0, 0.1) is 0 Å². The molecule has 1 heterocycles. The van der Waals surface area contributed by atoms with Crippen molar-refractivity contribution in [2.24, 2.45) is 0 Å². The van der Waals surface area contributed by atoms with Crippen LogP contribution in [0.4, 0.5) is 0 Å². The third-order valence-electron chi connectivity index (χ3n) is 2.04. The molecule has 0 saturated carbocycles. The molecule has 0 N–H and O–H groups in total. The van der Waals surface area contributed by atoms with Crippen molar-refractivity contribution < 1.29 is 9.47 Å². The second-order valence-electron chi connectivity index (χ2n) is 2.75. The Bertz CT molecular complexity index is 83.3. The van der Waals surface area contributed by atoms with Crippen LogP contribution in [-0.2, 0) is 9.47 Å². The fraction of sp³-hybridized carbons (Fsp3) is 1.00. The highest BCUT2D eigenvalue weighted by Crippen LogP contribution is 2.17. The lowest BCUT2D eigenvalue weighted by molar-refractivity contribution is -0.175. The van der Waals surface area contributed by atoms with E-state index in [9.17, 15) is 0 Å². The van der Waals surface area contributed by atoms with Crippen LogP contribution in [0.3, 0.4) is 0 Å². The zero-order valence-electron chi connectivity index (χ0n) is 6.80. The predicted octanol–water partition coefficient (Wildman–Crippen LogP) is 1.94. The van der Waals surface area contributed by atoms with Crippen LogP contribution in [0.2, 0.25) is 0 Å². The van der Waals surface area contributed by atoms with Gasteiger partial charge in [0.1, 0.15) is 6.79 Å². The van der Waals surface area contributed by atoms with E-state index in [2.05, 4.69) is 13.8 Å². The van der Waals surface area contributed by atoms with Crippen LogP contribution in [0.5, 0.6) is 0 Å². The van der Waals surface area contributed by atoms with Gasteiger partial charge in [0.15, 0.2) is 0 Å². The Balaban J connectivity index is 2.25.